The van der Waals surface area contributed by atoms with Crippen molar-refractivity contribution in [1.29, 1.82) is 0 Å². The van der Waals surface area contributed by atoms with Gasteiger partial charge in [-0.3, -0.25) is 4.79 Å². The van der Waals surface area contributed by atoms with Gasteiger partial charge in [0.25, 0.3) is 0 Å². The van der Waals surface area contributed by atoms with E-state index in [-0.39, 0.29) is 6.54 Å². The molecule has 0 heterocycles. The highest BCUT2D eigenvalue weighted by atomic mass is 35.5. The number of hydrogen-bond acceptors (Lipinski definition) is 2. The van der Waals surface area contributed by atoms with Crippen LogP contribution in [-0.4, -0.2) is 18.1 Å². The van der Waals surface area contributed by atoms with E-state index in [2.05, 4.69) is 10.6 Å². The molecule has 116 valence electrons. The van der Waals surface area contributed by atoms with Crippen molar-refractivity contribution in [1.82, 2.24) is 10.6 Å². The number of nitrogens with one attached hydrogen (secondary N) is 2. The van der Waals surface area contributed by atoms with Gasteiger partial charge in [0.15, 0.2) is 0 Å². The van der Waals surface area contributed by atoms with Gasteiger partial charge in [0.2, 0.25) is 5.91 Å². The van der Waals surface area contributed by atoms with Gasteiger partial charge in [-0.2, -0.15) is 13.2 Å². The average molecular weight is 321 g/mol. The molecule has 1 amide bonds. The Bertz CT molecular complexity index is 515. The topological polar surface area (TPSA) is 41.1 Å². The van der Waals surface area contributed by atoms with Crippen LogP contribution in [0.5, 0.6) is 0 Å². The van der Waals surface area contributed by atoms with Crippen LogP contribution in [0.1, 0.15) is 30.4 Å². The molecule has 0 saturated heterocycles. The fraction of sp³-hybridized carbons (Fsp3) is 0.500. The minimum atomic E-state index is -4.48. The molecule has 0 atom stereocenters. The Morgan fingerprint density at radius 1 is 1.29 bits per heavy atom. The number of carbonyl (C=O) groups is 1. The van der Waals surface area contributed by atoms with Gasteiger partial charge in [0, 0.05) is 24.2 Å². The van der Waals surface area contributed by atoms with Crippen LogP contribution in [-0.2, 0) is 17.9 Å². The van der Waals surface area contributed by atoms with Crippen molar-refractivity contribution in [3.63, 3.8) is 0 Å². The molecule has 1 aliphatic carbocycles. The van der Waals surface area contributed by atoms with Crippen LogP contribution in [0, 0.1) is 0 Å². The highest BCUT2D eigenvalue weighted by Crippen LogP contribution is 2.22. The first-order valence-corrected chi connectivity index (χ1v) is 7.05. The summed E-state index contributed by atoms with van der Waals surface area (Å²) in [6.45, 7) is 0.677. The van der Waals surface area contributed by atoms with Crippen LogP contribution in [0.3, 0.4) is 0 Å². The van der Waals surface area contributed by atoms with E-state index >= 15 is 0 Å². The van der Waals surface area contributed by atoms with Crippen molar-refractivity contribution in [3.05, 3.63) is 34.3 Å². The second-order valence-corrected chi connectivity index (χ2v) is 5.56. The molecule has 0 aliphatic heterocycles. The van der Waals surface area contributed by atoms with Crippen molar-refractivity contribution in [3.8, 4) is 0 Å². The van der Waals surface area contributed by atoms with Gasteiger partial charge in [-0.05, 0) is 30.0 Å². The monoisotopic (exact) mass is 320 g/mol. The van der Waals surface area contributed by atoms with Crippen LogP contribution >= 0.6 is 11.6 Å². The van der Waals surface area contributed by atoms with Crippen molar-refractivity contribution in [2.24, 2.45) is 0 Å². The number of rotatable bonds is 6. The third-order valence-electron chi connectivity index (χ3n) is 3.12. The number of alkyl halides is 3. The van der Waals surface area contributed by atoms with E-state index in [0.29, 0.717) is 17.6 Å². The summed E-state index contributed by atoms with van der Waals surface area (Å²) in [5.74, 6) is -1.03. The summed E-state index contributed by atoms with van der Waals surface area (Å²) < 4.78 is 36.1. The van der Waals surface area contributed by atoms with Gasteiger partial charge >= 0.3 is 6.18 Å². The summed E-state index contributed by atoms with van der Waals surface area (Å²) in [7, 11) is 0. The predicted molar refractivity (Wildman–Crippen MR) is 73.8 cm³/mol. The summed E-state index contributed by atoms with van der Waals surface area (Å²) >= 11 is 6.07. The molecular formula is C14H16ClF3N2O. The average Bonchev–Trinajstić information content (AvgIpc) is 3.18. The van der Waals surface area contributed by atoms with Gasteiger partial charge in [0.1, 0.15) is 6.42 Å². The van der Waals surface area contributed by atoms with Crippen molar-refractivity contribution in [2.75, 3.05) is 0 Å². The Morgan fingerprint density at radius 2 is 2.00 bits per heavy atom. The minimum absolute atomic E-state index is 0.0580. The van der Waals surface area contributed by atoms with Gasteiger partial charge < -0.3 is 10.6 Å². The Hall–Kier alpha value is -1.27. The van der Waals surface area contributed by atoms with Crippen LogP contribution in [0.15, 0.2) is 18.2 Å². The lowest BCUT2D eigenvalue weighted by molar-refractivity contribution is -0.153. The Labute approximate surface area is 125 Å². The maximum Gasteiger partial charge on any atom is 0.397 e. The molecule has 1 aromatic rings. The first-order chi connectivity index (χ1) is 9.83. The molecular weight excluding hydrogens is 305 g/mol. The third kappa shape index (κ3) is 5.93. The number of benzene rings is 1. The maximum absolute atomic E-state index is 12.0. The fourth-order valence-corrected chi connectivity index (χ4v) is 2.04. The number of carbonyl (C=O) groups excluding carboxylic acids is 1. The van der Waals surface area contributed by atoms with Gasteiger partial charge in [-0.1, -0.05) is 23.7 Å². The largest absolute Gasteiger partial charge is 0.397 e. The third-order valence-corrected chi connectivity index (χ3v) is 3.49. The molecule has 0 aromatic heterocycles. The Kier molecular flexibility index (Phi) is 5.11. The smallest absolute Gasteiger partial charge is 0.352 e. The lowest BCUT2D eigenvalue weighted by Crippen LogP contribution is -2.28. The zero-order valence-electron chi connectivity index (χ0n) is 11.3. The number of halogens is 4. The van der Waals surface area contributed by atoms with Crippen LogP contribution in [0.4, 0.5) is 13.2 Å². The molecule has 21 heavy (non-hydrogen) atoms. The summed E-state index contributed by atoms with van der Waals surface area (Å²) in [5, 5.41) is 6.18. The number of amides is 1. The zero-order chi connectivity index (χ0) is 15.5. The van der Waals surface area contributed by atoms with Crippen molar-refractivity contribution in [2.45, 2.75) is 44.6 Å². The SMILES string of the molecule is O=C(CC(F)(F)F)NCc1ccc(Cl)c(CNC2CC2)c1. The van der Waals surface area contributed by atoms with Crippen molar-refractivity contribution >= 4 is 17.5 Å². The van der Waals surface area contributed by atoms with Gasteiger partial charge in [-0.25, -0.2) is 0 Å². The van der Waals surface area contributed by atoms with E-state index < -0.39 is 18.5 Å². The highest BCUT2D eigenvalue weighted by Gasteiger charge is 2.30. The zero-order valence-corrected chi connectivity index (χ0v) is 12.0. The Balaban J connectivity index is 1.87. The lowest BCUT2D eigenvalue weighted by Gasteiger charge is -2.10. The van der Waals surface area contributed by atoms with Crippen molar-refractivity contribution < 1.29 is 18.0 Å². The fourth-order valence-electron chi connectivity index (χ4n) is 1.86. The summed E-state index contributed by atoms with van der Waals surface area (Å²) in [6, 6.07) is 5.72. The molecule has 1 fully saturated rings. The molecule has 0 unspecified atom stereocenters. The van der Waals surface area contributed by atoms with Crippen LogP contribution < -0.4 is 10.6 Å². The molecule has 0 spiro atoms. The summed E-state index contributed by atoms with van der Waals surface area (Å²) in [6.07, 6.45) is -3.63. The van der Waals surface area contributed by atoms with Gasteiger partial charge in [-0.15, -0.1) is 0 Å². The molecule has 1 saturated carbocycles. The van der Waals surface area contributed by atoms with E-state index in [1.165, 1.54) is 0 Å². The molecule has 3 nitrogen and oxygen atoms in total. The van der Waals surface area contributed by atoms with Gasteiger partial charge in [0.05, 0.1) is 0 Å². The van der Waals surface area contributed by atoms with Crippen LogP contribution in [0.2, 0.25) is 5.02 Å². The second kappa shape index (κ2) is 6.66. The molecule has 7 heteroatoms. The molecule has 0 radical (unpaired) electrons. The highest BCUT2D eigenvalue weighted by molar-refractivity contribution is 6.31. The summed E-state index contributed by atoms with van der Waals surface area (Å²) in [4.78, 5) is 11.1. The summed E-state index contributed by atoms with van der Waals surface area (Å²) in [5.41, 5.74) is 1.61. The predicted octanol–water partition coefficient (Wildman–Crippen LogP) is 3.16. The molecule has 1 aliphatic rings. The molecule has 0 bridgehead atoms. The van der Waals surface area contributed by atoms with E-state index in [1.54, 1.807) is 18.2 Å². The van der Waals surface area contributed by atoms with E-state index in [9.17, 15) is 18.0 Å². The van der Waals surface area contributed by atoms with E-state index in [0.717, 1.165) is 24.0 Å². The molecule has 2 N–H and O–H groups in total. The van der Waals surface area contributed by atoms with E-state index in [1.807, 2.05) is 0 Å². The molecule has 2 rings (SSSR count). The first kappa shape index (κ1) is 16.1. The standard InChI is InChI=1S/C14H16ClF3N2O/c15-12-4-1-9(5-10(12)8-19-11-2-3-11)7-20-13(21)6-14(16,17)18/h1,4-5,11,19H,2-3,6-8H2,(H,20,21). The normalized spacial score (nSPS) is 15.0. The maximum atomic E-state index is 12.0. The number of hydrogen-bond donors (Lipinski definition) is 2. The lowest BCUT2D eigenvalue weighted by atomic mass is 10.1. The van der Waals surface area contributed by atoms with E-state index in [4.69, 9.17) is 11.6 Å². The minimum Gasteiger partial charge on any atom is -0.352 e. The Morgan fingerprint density at radius 3 is 2.62 bits per heavy atom. The first-order valence-electron chi connectivity index (χ1n) is 6.67. The second-order valence-electron chi connectivity index (χ2n) is 5.15. The van der Waals surface area contributed by atoms with Crippen LogP contribution in [0.25, 0.3) is 0 Å². The molecule has 1 aromatic carbocycles. The quantitative estimate of drug-likeness (QED) is 0.845.